The summed E-state index contributed by atoms with van der Waals surface area (Å²) in [5.41, 5.74) is 2.98. The van der Waals surface area contributed by atoms with Gasteiger partial charge in [-0.1, -0.05) is 18.2 Å². The van der Waals surface area contributed by atoms with Crippen LogP contribution in [-0.2, 0) is 0 Å². The van der Waals surface area contributed by atoms with Crippen LogP contribution in [0.4, 0.5) is 0 Å². The maximum atomic E-state index is 12.8. The summed E-state index contributed by atoms with van der Waals surface area (Å²) < 4.78 is 0. The lowest BCUT2D eigenvalue weighted by Gasteiger charge is -2.36. The second kappa shape index (κ2) is 6.08. The number of aromatic nitrogens is 1. The van der Waals surface area contributed by atoms with Crippen molar-refractivity contribution in [2.75, 3.05) is 6.54 Å². The van der Waals surface area contributed by atoms with Crippen molar-refractivity contribution in [1.29, 1.82) is 0 Å². The maximum absolute atomic E-state index is 12.8. The normalized spacial score (nSPS) is 18.5. The zero-order valence-corrected chi connectivity index (χ0v) is 12.3. The molecule has 0 aliphatic carbocycles. The van der Waals surface area contributed by atoms with E-state index in [0.717, 1.165) is 30.6 Å². The standard InChI is InChI=1S/C18H20N2O/c1-14-13-16(10-11-19-14)17-9-5-6-12-20(17)18(21)15-7-3-2-4-8-15/h2-4,7-8,10-11,13,17H,5-6,9,12H2,1H3/t17-/m1/s1. The zero-order chi connectivity index (χ0) is 14.7. The van der Waals surface area contributed by atoms with Crippen LogP contribution in [0.25, 0.3) is 0 Å². The van der Waals surface area contributed by atoms with Gasteiger partial charge in [0.15, 0.2) is 0 Å². The number of benzene rings is 1. The van der Waals surface area contributed by atoms with Crippen LogP contribution in [0.5, 0.6) is 0 Å². The van der Waals surface area contributed by atoms with E-state index in [-0.39, 0.29) is 11.9 Å². The third-order valence-corrected chi connectivity index (χ3v) is 4.09. The molecule has 1 amide bonds. The molecule has 1 fully saturated rings. The SMILES string of the molecule is Cc1cc([C@H]2CCCCN2C(=O)c2ccccc2)ccn1. The molecular formula is C18H20N2O. The average molecular weight is 280 g/mol. The highest BCUT2D eigenvalue weighted by Crippen LogP contribution is 2.32. The quantitative estimate of drug-likeness (QED) is 0.839. The highest BCUT2D eigenvalue weighted by atomic mass is 16.2. The number of carbonyl (C=O) groups excluding carboxylic acids is 1. The monoisotopic (exact) mass is 280 g/mol. The number of aryl methyl sites for hydroxylation is 1. The predicted molar refractivity (Wildman–Crippen MR) is 83.0 cm³/mol. The Kier molecular flexibility index (Phi) is 4.00. The van der Waals surface area contributed by atoms with Gasteiger partial charge in [-0.15, -0.1) is 0 Å². The van der Waals surface area contributed by atoms with Crippen molar-refractivity contribution in [2.45, 2.75) is 32.2 Å². The van der Waals surface area contributed by atoms with Crippen LogP contribution in [0, 0.1) is 6.92 Å². The van der Waals surface area contributed by atoms with Crippen molar-refractivity contribution in [3.8, 4) is 0 Å². The first-order chi connectivity index (χ1) is 10.3. The fraction of sp³-hybridized carbons (Fsp3) is 0.333. The minimum Gasteiger partial charge on any atom is -0.332 e. The summed E-state index contributed by atoms with van der Waals surface area (Å²) in [4.78, 5) is 19.1. The van der Waals surface area contributed by atoms with Crippen molar-refractivity contribution < 1.29 is 4.79 Å². The second-order valence-electron chi connectivity index (χ2n) is 5.61. The van der Waals surface area contributed by atoms with Crippen molar-refractivity contribution in [3.05, 3.63) is 65.5 Å². The number of pyridine rings is 1. The Morgan fingerprint density at radius 3 is 2.76 bits per heavy atom. The van der Waals surface area contributed by atoms with E-state index in [1.54, 1.807) is 0 Å². The van der Waals surface area contributed by atoms with Crippen molar-refractivity contribution in [2.24, 2.45) is 0 Å². The van der Waals surface area contributed by atoms with Gasteiger partial charge in [0.05, 0.1) is 6.04 Å². The van der Waals surface area contributed by atoms with Gasteiger partial charge < -0.3 is 4.90 Å². The Balaban J connectivity index is 1.90. The van der Waals surface area contributed by atoms with E-state index < -0.39 is 0 Å². The van der Waals surface area contributed by atoms with Gasteiger partial charge in [-0.3, -0.25) is 9.78 Å². The van der Waals surface area contributed by atoms with Gasteiger partial charge >= 0.3 is 0 Å². The minimum absolute atomic E-state index is 0.134. The Bertz CT molecular complexity index is 624. The van der Waals surface area contributed by atoms with Gasteiger partial charge in [0.2, 0.25) is 0 Å². The molecular weight excluding hydrogens is 260 g/mol. The molecule has 0 spiro atoms. The molecule has 1 atom stereocenters. The van der Waals surface area contributed by atoms with E-state index in [1.807, 2.05) is 54.4 Å². The minimum atomic E-state index is 0.134. The number of hydrogen-bond acceptors (Lipinski definition) is 2. The summed E-state index contributed by atoms with van der Waals surface area (Å²) >= 11 is 0. The van der Waals surface area contributed by atoms with E-state index in [4.69, 9.17) is 0 Å². The molecule has 1 aromatic heterocycles. The average Bonchev–Trinajstić information content (AvgIpc) is 2.55. The molecule has 2 aromatic rings. The summed E-state index contributed by atoms with van der Waals surface area (Å²) in [6.45, 7) is 2.83. The second-order valence-corrected chi connectivity index (χ2v) is 5.61. The van der Waals surface area contributed by atoms with Crippen LogP contribution in [0.15, 0.2) is 48.7 Å². The molecule has 1 aromatic carbocycles. The number of likely N-dealkylation sites (tertiary alicyclic amines) is 1. The molecule has 0 N–H and O–H groups in total. The topological polar surface area (TPSA) is 33.2 Å². The summed E-state index contributed by atoms with van der Waals surface area (Å²) in [5.74, 6) is 0.134. The molecule has 2 heterocycles. The van der Waals surface area contributed by atoms with Gasteiger partial charge in [0.25, 0.3) is 5.91 Å². The number of amides is 1. The molecule has 1 aliphatic rings. The maximum Gasteiger partial charge on any atom is 0.254 e. The highest BCUT2D eigenvalue weighted by molar-refractivity contribution is 5.94. The van der Waals surface area contributed by atoms with Crippen LogP contribution in [0.3, 0.4) is 0 Å². The van der Waals surface area contributed by atoms with E-state index in [9.17, 15) is 4.79 Å². The number of carbonyl (C=O) groups is 1. The third kappa shape index (κ3) is 2.97. The van der Waals surface area contributed by atoms with Crippen LogP contribution < -0.4 is 0 Å². The van der Waals surface area contributed by atoms with E-state index in [1.165, 1.54) is 12.0 Å². The van der Waals surface area contributed by atoms with Crippen molar-refractivity contribution in [1.82, 2.24) is 9.88 Å². The predicted octanol–water partition coefficient (Wildman–Crippen LogP) is 3.76. The van der Waals surface area contributed by atoms with Crippen LogP contribution >= 0.6 is 0 Å². The van der Waals surface area contributed by atoms with Gasteiger partial charge in [-0.25, -0.2) is 0 Å². The molecule has 0 unspecified atom stereocenters. The van der Waals surface area contributed by atoms with Gasteiger partial charge in [0.1, 0.15) is 0 Å². The lowest BCUT2D eigenvalue weighted by atomic mass is 9.94. The molecule has 108 valence electrons. The lowest BCUT2D eigenvalue weighted by Crippen LogP contribution is -2.38. The molecule has 1 saturated heterocycles. The largest absolute Gasteiger partial charge is 0.332 e. The van der Waals surface area contributed by atoms with Crippen LogP contribution in [-0.4, -0.2) is 22.3 Å². The smallest absolute Gasteiger partial charge is 0.254 e. The summed E-state index contributed by atoms with van der Waals surface area (Å²) in [6.07, 6.45) is 5.12. The van der Waals surface area contributed by atoms with Crippen molar-refractivity contribution >= 4 is 5.91 Å². The molecule has 1 aliphatic heterocycles. The van der Waals surface area contributed by atoms with E-state index in [2.05, 4.69) is 11.1 Å². The molecule has 0 saturated carbocycles. The summed E-state index contributed by atoms with van der Waals surface area (Å²) in [7, 11) is 0. The fourth-order valence-corrected chi connectivity index (χ4v) is 3.04. The van der Waals surface area contributed by atoms with Gasteiger partial charge in [-0.2, -0.15) is 0 Å². The number of hydrogen-bond donors (Lipinski definition) is 0. The highest BCUT2D eigenvalue weighted by Gasteiger charge is 2.28. The molecule has 3 heteroatoms. The molecule has 3 nitrogen and oxygen atoms in total. The Hall–Kier alpha value is -2.16. The molecule has 0 bridgehead atoms. The number of rotatable bonds is 2. The van der Waals surface area contributed by atoms with E-state index >= 15 is 0 Å². The Labute approximate surface area is 125 Å². The Morgan fingerprint density at radius 2 is 2.00 bits per heavy atom. The van der Waals surface area contributed by atoms with Crippen molar-refractivity contribution in [3.63, 3.8) is 0 Å². The summed E-state index contributed by atoms with van der Waals surface area (Å²) in [5, 5.41) is 0. The molecule has 0 radical (unpaired) electrons. The Morgan fingerprint density at radius 1 is 1.19 bits per heavy atom. The number of piperidine rings is 1. The fourth-order valence-electron chi connectivity index (χ4n) is 3.04. The first-order valence-electron chi connectivity index (χ1n) is 7.54. The third-order valence-electron chi connectivity index (χ3n) is 4.09. The first kappa shape index (κ1) is 13.8. The molecule has 21 heavy (non-hydrogen) atoms. The number of nitrogens with zero attached hydrogens (tertiary/aromatic N) is 2. The zero-order valence-electron chi connectivity index (χ0n) is 12.3. The van der Waals surface area contributed by atoms with Crippen LogP contribution in [0.1, 0.15) is 46.9 Å². The summed E-state index contributed by atoms with van der Waals surface area (Å²) in [6, 6.07) is 13.9. The van der Waals surface area contributed by atoms with Gasteiger partial charge in [-0.05, 0) is 56.0 Å². The lowest BCUT2D eigenvalue weighted by molar-refractivity contribution is 0.0611. The van der Waals surface area contributed by atoms with Crippen LogP contribution in [0.2, 0.25) is 0 Å². The molecule has 3 rings (SSSR count). The first-order valence-corrected chi connectivity index (χ1v) is 7.54. The van der Waals surface area contributed by atoms with E-state index in [0.29, 0.717) is 0 Å². The van der Waals surface area contributed by atoms with Gasteiger partial charge in [0, 0.05) is 24.0 Å².